The third-order valence-electron chi connectivity index (χ3n) is 0.0913. The minimum atomic E-state index is 1.49. The fourth-order valence-corrected chi connectivity index (χ4v) is 0. The second kappa shape index (κ2) is 3.27. The van der Waals surface area contributed by atoms with Crippen LogP contribution in [-0.4, -0.2) is 7.11 Å². The van der Waals surface area contributed by atoms with Gasteiger partial charge in [-0.1, -0.05) is 12.8 Å². The molecule has 0 rings (SSSR count). The summed E-state index contributed by atoms with van der Waals surface area (Å²) >= 11 is 3.45. The Morgan fingerprint density at radius 1 is 2.00 bits per heavy atom. The Kier molecular flexibility index (Phi) is 3.49. The molecule has 0 aromatic rings. The highest BCUT2D eigenvalue weighted by Crippen LogP contribution is 1.50. The van der Waals surface area contributed by atoms with E-state index < -0.39 is 0 Å². The van der Waals surface area contributed by atoms with Crippen molar-refractivity contribution >= 4 is 12.8 Å². The van der Waals surface area contributed by atoms with Gasteiger partial charge in [-0.3, -0.25) is 4.84 Å². The molecule has 0 amide bonds. The van der Waals surface area contributed by atoms with Crippen LogP contribution in [0.1, 0.15) is 0 Å². The molecule has 0 fully saturated rings. The lowest BCUT2D eigenvalue weighted by Gasteiger charge is -1.79. The van der Waals surface area contributed by atoms with Gasteiger partial charge in [-0.15, -0.1) is 4.89 Å². The fourth-order valence-electron chi connectivity index (χ4n) is 0. The largest absolute Gasteiger partial charge is 0.295 e. The Morgan fingerprint density at radius 3 is 2.25 bits per heavy atom. The first-order valence-electron chi connectivity index (χ1n) is 0.836. The highest BCUT2D eigenvalue weighted by atomic mass is 32.1. The Labute approximate surface area is 30.6 Å². The van der Waals surface area contributed by atoms with Gasteiger partial charge in [0.05, 0.1) is 7.11 Å². The zero-order chi connectivity index (χ0) is 3.41. The normalized spacial score (nSPS) is 7.50. The molecule has 0 atom stereocenters. The van der Waals surface area contributed by atoms with Crippen molar-refractivity contribution in [1.29, 1.82) is 0 Å². The predicted octanol–water partition coefficient (Wildman–Crippen LogP) is -0.0178. The SMILES string of the molecule is CONS. The van der Waals surface area contributed by atoms with Crippen molar-refractivity contribution in [3.8, 4) is 0 Å². The second-order valence-corrected chi connectivity index (χ2v) is 0.478. The molecule has 0 aliphatic rings. The molecule has 4 heavy (non-hydrogen) atoms. The standard InChI is InChI=1S/CH5NOS/c1-3-2-4/h2,4H,1H3. The minimum absolute atomic E-state index is 1.49. The maximum Gasteiger partial charge on any atom is 0.0583 e. The van der Waals surface area contributed by atoms with E-state index in [2.05, 4.69) is 22.5 Å². The zero-order valence-corrected chi connectivity index (χ0v) is 3.25. The summed E-state index contributed by atoms with van der Waals surface area (Å²) in [5, 5.41) is 0. The molecule has 0 saturated heterocycles. The van der Waals surface area contributed by atoms with Gasteiger partial charge >= 0.3 is 0 Å². The number of thiol groups is 1. The quantitative estimate of drug-likeness (QED) is 0.340. The Morgan fingerprint density at radius 2 is 2.25 bits per heavy atom. The van der Waals surface area contributed by atoms with E-state index in [9.17, 15) is 0 Å². The summed E-state index contributed by atoms with van der Waals surface area (Å²) in [5.74, 6) is 0. The Balaban J connectivity index is 1.97. The van der Waals surface area contributed by atoms with Crippen molar-refractivity contribution in [2.24, 2.45) is 0 Å². The first-order valence-corrected chi connectivity index (χ1v) is 1.28. The van der Waals surface area contributed by atoms with Gasteiger partial charge < -0.3 is 0 Å². The molecule has 2 nitrogen and oxygen atoms in total. The first kappa shape index (κ1) is 4.27. The van der Waals surface area contributed by atoms with E-state index in [1.54, 1.807) is 0 Å². The Bertz CT molecular complexity index is 10.0. The van der Waals surface area contributed by atoms with Gasteiger partial charge in [0.2, 0.25) is 0 Å². The number of rotatable bonds is 1. The molecule has 0 aromatic carbocycles. The van der Waals surface area contributed by atoms with Crippen LogP contribution in [-0.2, 0) is 4.84 Å². The van der Waals surface area contributed by atoms with E-state index in [0.717, 1.165) is 0 Å². The average molecular weight is 79.1 g/mol. The first-order chi connectivity index (χ1) is 1.91. The highest BCUT2D eigenvalue weighted by molar-refractivity contribution is 7.77. The van der Waals surface area contributed by atoms with Crippen LogP contribution >= 0.6 is 12.8 Å². The molecule has 1 N–H and O–H groups in total. The molecule has 0 saturated carbocycles. The van der Waals surface area contributed by atoms with Crippen molar-refractivity contribution in [3.05, 3.63) is 0 Å². The van der Waals surface area contributed by atoms with E-state index in [1.165, 1.54) is 7.11 Å². The molecule has 0 radical (unpaired) electrons. The molecule has 0 bridgehead atoms. The summed E-state index contributed by atoms with van der Waals surface area (Å²) in [7, 11) is 1.49. The van der Waals surface area contributed by atoms with Crippen molar-refractivity contribution in [2.75, 3.05) is 7.11 Å². The molecule has 0 aliphatic carbocycles. The van der Waals surface area contributed by atoms with E-state index in [0.29, 0.717) is 0 Å². The third-order valence-corrected chi connectivity index (χ3v) is 0.274. The topological polar surface area (TPSA) is 21.3 Å². The molecule has 26 valence electrons. The maximum atomic E-state index is 4.16. The van der Waals surface area contributed by atoms with E-state index in [4.69, 9.17) is 0 Å². The maximum absolute atomic E-state index is 4.16. The third kappa shape index (κ3) is 2.27. The molecule has 3 heteroatoms. The summed E-state index contributed by atoms with van der Waals surface area (Å²) in [6, 6.07) is 0. The fraction of sp³-hybridized carbons (Fsp3) is 1.00. The molecule has 0 spiro atoms. The Hall–Kier alpha value is 0.270. The van der Waals surface area contributed by atoms with E-state index in [1.807, 2.05) is 0 Å². The predicted molar refractivity (Wildman–Crippen MR) is 19.1 cm³/mol. The summed E-state index contributed by atoms with van der Waals surface area (Å²) in [5.41, 5.74) is 0. The van der Waals surface area contributed by atoms with Gasteiger partial charge in [-0.05, 0) is 0 Å². The van der Waals surface area contributed by atoms with Gasteiger partial charge in [-0.2, -0.15) is 0 Å². The summed E-state index contributed by atoms with van der Waals surface area (Å²) in [6.45, 7) is 0. The van der Waals surface area contributed by atoms with Crippen LogP contribution in [0.25, 0.3) is 0 Å². The van der Waals surface area contributed by atoms with Crippen LogP contribution in [0.3, 0.4) is 0 Å². The molecular formula is CH5NOS. The summed E-state index contributed by atoms with van der Waals surface area (Å²) in [6.07, 6.45) is 0. The van der Waals surface area contributed by atoms with Gasteiger partial charge in [0.25, 0.3) is 0 Å². The lowest BCUT2D eigenvalue weighted by Crippen LogP contribution is -1.90. The highest BCUT2D eigenvalue weighted by Gasteiger charge is 1.46. The van der Waals surface area contributed by atoms with Crippen LogP contribution in [0.2, 0.25) is 0 Å². The van der Waals surface area contributed by atoms with Crippen LogP contribution in [0.15, 0.2) is 0 Å². The number of hydrogen-bond donors (Lipinski definition) is 2. The number of nitrogens with one attached hydrogen (secondary N) is 1. The van der Waals surface area contributed by atoms with Gasteiger partial charge in [0.15, 0.2) is 0 Å². The van der Waals surface area contributed by atoms with Crippen molar-refractivity contribution in [3.63, 3.8) is 0 Å². The van der Waals surface area contributed by atoms with Crippen LogP contribution in [0.5, 0.6) is 0 Å². The molecule has 0 heterocycles. The van der Waals surface area contributed by atoms with Crippen LogP contribution in [0.4, 0.5) is 0 Å². The van der Waals surface area contributed by atoms with Gasteiger partial charge in [0.1, 0.15) is 0 Å². The summed E-state index contributed by atoms with van der Waals surface area (Å²) < 4.78 is 0. The second-order valence-electron chi connectivity index (χ2n) is 0.295. The van der Waals surface area contributed by atoms with Crippen molar-refractivity contribution < 1.29 is 4.84 Å². The van der Waals surface area contributed by atoms with Crippen molar-refractivity contribution in [1.82, 2.24) is 4.89 Å². The van der Waals surface area contributed by atoms with Gasteiger partial charge in [-0.25, -0.2) is 0 Å². The van der Waals surface area contributed by atoms with Crippen molar-refractivity contribution in [2.45, 2.75) is 0 Å². The molecule has 0 aromatic heterocycles. The zero-order valence-electron chi connectivity index (χ0n) is 2.36. The molecule has 0 unspecified atom stereocenters. The monoisotopic (exact) mass is 79.0 g/mol. The number of hydrogen-bond acceptors (Lipinski definition) is 3. The van der Waals surface area contributed by atoms with E-state index >= 15 is 0 Å². The average Bonchev–Trinajstić information content (AvgIpc) is 1.37. The van der Waals surface area contributed by atoms with Gasteiger partial charge in [0, 0.05) is 0 Å². The lowest BCUT2D eigenvalue weighted by atomic mass is 11.7. The lowest BCUT2D eigenvalue weighted by molar-refractivity contribution is 0.165. The molecule has 0 aliphatic heterocycles. The molecular weight excluding hydrogens is 74.1 g/mol. The minimum Gasteiger partial charge on any atom is -0.295 e. The van der Waals surface area contributed by atoms with E-state index in [-0.39, 0.29) is 0 Å². The summed E-state index contributed by atoms with van der Waals surface area (Å²) in [4.78, 5) is 6.28. The smallest absolute Gasteiger partial charge is 0.0583 e. The van der Waals surface area contributed by atoms with Crippen LogP contribution in [0, 0.1) is 0 Å². The van der Waals surface area contributed by atoms with Crippen LogP contribution < -0.4 is 4.89 Å².